The highest BCUT2D eigenvalue weighted by molar-refractivity contribution is 6.08. The number of benzene rings is 1. The van der Waals surface area contributed by atoms with Crippen molar-refractivity contribution in [3.05, 3.63) is 59.5 Å². The highest BCUT2D eigenvalue weighted by Gasteiger charge is 2.31. The van der Waals surface area contributed by atoms with Gasteiger partial charge in [0.15, 0.2) is 5.65 Å². The summed E-state index contributed by atoms with van der Waals surface area (Å²) in [6, 6.07) is 8.14. The molecule has 0 saturated heterocycles. The molecule has 1 aromatic carbocycles. The predicted octanol–water partition coefficient (Wildman–Crippen LogP) is 3.17. The number of nitrogens with zero attached hydrogens (tertiary/aromatic N) is 3. The molecule has 0 unspecified atom stereocenters. The van der Waals surface area contributed by atoms with Crippen molar-refractivity contribution >= 4 is 11.4 Å². The Bertz CT molecular complexity index is 870. The van der Waals surface area contributed by atoms with Gasteiger partial charge in [-0.3, -0.25) is 4.79 Å². The first-order valence-electron chi connectivity index (χ1n) is 6.54. The molecule has 0 atom stereocenters. The molecule has 0 fully saturated rings. The summed E-state index contributed by atoms with van der Waals surface area (Å²) in [5.41, 5.74) is 1.85. The largest absolute Gasteiger partial charge is 0.573 e. The van der Waals surface area contributed by atoms with E-state index >= 15 is 0 Å². The number of ketones is 1. The molecule has 2 heterocycles. The summed E-state index contributed by atoms with van der Waals surface area (Å²) in [5, 5.41) is 3.98. The molecule has 3 aromatic rings. The van der Waals surface area contributed by atoms with Gasteiger partial charge in [-0.1, -0.05) is 0 Å². The second-order valence-electron chi connectivity index (χ2n) is 4.85. The molecular formula is C15H10F3N3O2. The van der Waals surface area contributed by atoms with E-state index in [1.54, 1.807) is 12.1 Å². The minimum atomic E-state index is -4.77. The maximum atomic E-state index is 12.6. The van der Waals surface area contributed by atoms with Gasteiger partial charge in [0.1, 0.15) is 17.8 Å². The third-order valence-corrected chi connectivity index (χ3v) is 3.11. The van der Waals surface area contributed by atoms with Crippen molar-refractivity contribution in [2.24, 2.45) is 0 Å². The minimum Gasteiger partial charge on any atom is -0.406 e. The average molecular weight is 321 g/mol. The Kier molecular flexibility index (Phi) is 3.51. The van der Waals surface area contributed by atoms with Gasteiger partial charge in [-0.15, -0.1) is 13.2 Å². The number of hydrogen-bond acceptors (Lipinski definition) is 4. The minimum absolute atomic E-state index is 0.224. The zero-order chi connectivity index (χ0) is 16.6. The van der Waals surface area contributed by atoms with Gasteiger partial charge >= 0.3 is 6.36 Å². The molecule has 0 aliphatic carbocycles. The van der Waals surface area contributed by atoms with Crippen molar-refractivity contribution in [3.63, 3.8) is 0 Å². The molecular weight excluding hydrogens is 311 g/mol. The molecule has 0 saturated carbocycles. The van der Waals surface area contributed by atoms with Crippen molar-refractivity contribution in [2.45, 2.75) is 13.3 Å². The number of carbonyl (C=O) groups excluding carboxylic acids is 1. The zero-order valence-electron chi connectivity index (χ0n) is 11.8. The van der Waals surface area contributed by atoms with Crippen LogP contribution in [0.4, 0.5) is 13.2 Å². The third kappa shape index (κ3) is 3.15. The Morgan fingerprint density at radius 3 is 2.52 bits per heavy atom. The van der Waals surface area contributed by atoms with Crippen LogP contribution in [0, 0.1) is 6.92 Å². The molecule has 23 heavy (non-hydrogen) atoms. The van der Waals surface area contributed by atoms with Crippen LogP contribution in [-0.4, -0.2) is 26.7 Å². The van der Waals surface area contributed by atoms with Crippen LogP contribution in [0.1, 0.15) is 21.6 Å². The molecule has 8 heteroatoms. The maximum Gasteiger partial charge on any atom is 0.573 e. The zero-order valence-corrected chi connectivity index (χ0v) is 11.8. The van der Waals surface area contributed by atoms with E-state index < -0.39 is 6.36 Å². The summed E-state index contributed by atoms with van der Waals surface area (Å²) in [5.74, 6) is -0.757. The van der Waals surface area contributed by atoms with E-state index in [1.807, 2.05) is 6.92 Å². The first kappa shape index (κ1) is 15.0. The number of pyridine rings is 1. The topological polar surface area (TPSA) is 56.5 Å². The van der Waals surface area contributed by atoms with Gasteiger partial charge < -0.3 is 4.74 Å². The number of fused-ring (bicyclic) bond motifs is 1. The molecule has 118 valence electrons. The number of alkyl halides is 3. The summed E-state index contributed by atoms with van der Waals surface area (Å²) in [4.78, 5) is 16.6. The van der Waals surface area contributed by atoms with Gasteiger partial charge in [0.2, 0.25) is 5.78 Å². The Morgan fingerprint density at radius 1 is 1.17 bits per heavy atom. The smallest absolute Gasteiger partial charge is 0.406 e. The van der Waals surface area contributed by atoms with Gasteiger partial charge in [0.05, 0.1) is 0 Å². The van der Waals surface area contributed by atoms with Gasteiger partial charge in [0, 0.05) is 5.56 Å². The fraction of sp³-hybridized carbons (Fsp3) is 0.133. The molecule has 0 amide bonds. The number of ether oxygens (including phenoxy) is 1. The Labute approximate surface area is 128 Å². The quantitative estimate of drug-likeness (QED) is 0.695. The average Bonchev–Trinajstić information content (AvgIpc) is 2.93. The van der Waals surface area contributed by atoms with E-state index in [4.69, 9.17) is 0 Å². The number of rotatable bonds is 3. The van der Waals surface area contributed by atoms with E-state index in [0.29, 0.717) is 5.65 Å². The van der Waals surface area contributed by atoms with Crippen LogP contribution in [0.5, 0.6) is 5.75 Å². The fourth-order valence-corrected chi connectivity index (χ4v) is 2.17. The number of hydrogen-bond donors (Lipinski definition) is 0. The maximum absolute atomic E-state index is 12.6. The molecule has 0 N–H and O–H groups in total. The molecule has 0 spiro atoms. The summed E-state index contributed by atoms with van der Waals surface area (Å²) in [6.45, 7) is 1.81. The molecule has 0 aliphatic heterocycles. The van der Waals surface area contributed by atoms with Crippen LogP contribution < -0.4 is 4.74 Å². The van der Waals surface area contributed by atoms with Crippen LogP contribution in [0.25, 0.3) is 5.65 Å². The van der Waals surface area contributed by atoms with Crippen molar-refractivity contribution in [1.29, 1.82) is 0 Å². The fourth-order valence-electron chi connectivity index (χ4n) is 2.17. The van der Waals surface area contributed by atoms with Crippen molar-refractivity contribution in [1.82, 2.24) is 14.6 Å². The Morgan fingerprint density at radius 2 is 1.87 bits per heavy atom. The third-order valence-electron chi connectivity index (χ3n) is 3.11. The number of aryl methyl sites for hydroxylation is 1. The van der Waals surface area contributed by atoms with E-state index in [-0.39, 0.29) is 22.8 Å². The van der Waals surface area contributed by atoms with Crippen LogP contribution in [-0.2, 0) is 0 Å². The molecule has 3 rings (SSSR count). The van der Waals surface area contributed by atoms with Gasteiger partial charge in [-0.25, -0.2) is 9.50 Å². The second kappa shape index (κ2) is 5.38. The monoisotopic (exact) mass is 321 g/mol. The van der Waals surface area contributed by atoms with Crippen molar-refractivity contribution in [2.75, 3.05) is 0 Å². The summed E-state index contributed by atoms with van der Waals surface area (Å²) in [6.07, 6.45) is -3.44. The van der Waals surface area contributed by atoms with Crippen LogP contribution in [0.2, 0.25) is 0 Å². The second-order valence-corrected chi connectivity index (χ2v) is 4.85. The van der Waals surface area contributed by atoms with Crippen LogP contribution in [0.15, 0.2) is 42.7 Å². The van der Waals surface area contributed by atoms with E-state index in [2.05, 4.69) is 14.8 Å². The number of aromatic nitrogens is 3. The molecule has 0 aliphatic rings. The molecule has 0 radical (unpaired) electrons. The lowest BCUT2D eigenvalue weighted by atomic mass is 10.1. The summed E-state index contributed by atoms with van der Waals surface area (Å²) in [7, 11) is 0. The van der Waals surface area contributed by atoms with E-state index in [9.17, 15) is 18.0 Å². The molecule has 0 bridgehead atoms. The first-order valence-corrected chi connectivity index (χ1v) is 6.54. The van der Waals surface area contributed by atoms with Crippen LogP contribution in [0.3, 0.4) is 0 Å². The predicted molar refractivity (Wildman–Crippen MR) is 74.3 cm³/mol. The SMILES string of the molecule is Cc1cc(C(=O)c2ccc(OC(F)(F)F)cc2)n2ncnc2c1. The standard InChI is InChI=1S/C15H10F3N3O2/c1-9-6-12(21-13(7-9)19-8-20-21)14(22)10-2-4-11(5-3-10)23-15(16,17)18/h2-8H,1H3. The normalized spacial score (nSPS) is 11.7. The van der Waals surface area contributed by atoms with Crippen molar-refractivity contribution < 1.29 is 22.7 Å². The highest BCUT2D eigenvalue weighted by Crippen LogP contribution is 2.23. The van der Waals surface area contributed by atoms with Gasteiger partial charge in [0.25, 0.3) is 0 Å². The van der Waals surface area contributed by atoms with Gasteiger partial charge in [-0.2, -0.15) is 5.10 Å². The lowest BCUT2D eigenvalue weighted by Gasteiger charge is -2.09. The molecule has 5 nitrogen and oxygen atoms in total. The number of halogens is 3. The van der Waals surface area contributed by atoms with E-state index in [1.165, 1.54) is 23.0 Å². The van der Waals surface area contributed by atoms with Crippen molar-refractivity contribution in [3.8, 4) is 5.75 Å². The molecule has 2 aromatic heterocycles. The summed E-state index contributed by atoms with van der Waals surface area (Å²) >= 11 is 0. The first-order chi connectivity index (χ1) is 10.8. The lowest BCUT2D eigenvalue weighted by Crippen LogP contribution is -2.17. The summed E-state index contributed by atoms with van der Waals surface area (Å²) < 4.78 is 41.6. The Hall–Kier alpha value is -2.90. The van der Waals surface area contributed by atoms with Gasteiger partial charge in [-0.05, 0) is 48.9 Å². The number of carbonyl (C=O) groups is 1. The Balaban J connectivity index is 1.95. The van der Waals surface area contributed by atoms with E-state index in [0.717, 1.165) is 17.7 Å². The van der Waals surface area contributed by atoms with Crippen LogP contribution >= 0.6 is 0 Å². The highest BCUT2D eigenvalue weighted by atomic mass is 19.4. The lowest BCUT2D eigenvalue weighted by molar-refractivity contribution is -0.274.